The Morgan fingerprint density at radius 2 is 1.54 bits per heavy atom. The Bertz CT molecular complexity index is 519. The van der Waals surface area contributed by atoms with Gasteiger partial charge in [0.05, 0.1) is 6.61 Å². The van der Waals surface area contributed by atoms with Crippen LogP contribution in [-0.2, 0) is 11.2 Å². The summed E-state index contributed by atoms with van der Waals surface area (Å²) in [5.74, 6) is 0.970. The zero-order valence-corrected chi connectivity index (χ0v) is 18.2. The summed E-state index contributed by atoms with van der Waals surface area (Å²) in [4.78, 5) is 0. The smallest absolute Gasteiger partial charge is 0.119 e. The molecule has 28 heavy (non-hydrogen) atoms. The molecule has 0 aromatic heterocycles. The van der Waals surface area contributed by atoms with Crippen LogP contribution in [0.25, 0.3) is 0 Å². The second kappa shape index (κ2) is 15.6. The van der Waals surface area contributed by atoms with Crippen molar-refractivity contribution in [1.82, 2.24) is 0 Å². The highest BCUT2D eigenvalue weighted by atomic mass is 16.6. The molecule has 1 aliphatic rings. The minimum atomic E-state index is 0.321. The van der Waals surface area contributed by atoms with Crippen LogP contribution in [0.1, 0.15) is 96.0 Å². The third-order valence-corrected chi connectivity index (χ3v) is 5.48. The largest absolute Gasteiger partial charge is 0.491 e. The molecule has 158 valence electrons. The van der Waals surface area contributed by atoms with E-state index in [-0.39, 0.29) is 0 Å². The molecule has 0 aliphatic carbocycles. The second-order valence-corrected chi connectivity index (χ2v) is 8.25. The molecule has 1 fully saturated rings. The van der Waals surface area contributed by atoms with Gasteiger partial charge in [0.2, 0.25) is 0 Å². The van der Waals surface area contributed by atoms with Crippen LogP contribution in [0.15, 0.2) is 36.4 Å². The van der Waals surface area contributed by atoms with Crippen LogP contribution >= 0.6 is 0 Å². The first-order chi connectivity index (χ1) is 13.9. The van der Waals surface area contributed by atoms with Gasteiger partial charge >= 0.3 is 0 Å². The maximum absolute atomic E-state index is 5.76. The Hall–Kier alpha value is -1.28. The Morgan fingerprint density at radius 1 is 0.893 bits per heavy atom. The van der Waals surface area contributed by atoms with E-state index >= 15 is 0 Å². The molecule has 2 heteroatoms. The second-order valence-electron chi connectivity index (χ2n) is 8.25. The standard InChI is InChI=1S/C26H42O2/c1-2-3-4-5-6-7-8-9-10-11-12-13-14-15-16-18-24-19-17-20-25(21-24)27-22-26-23-28-26/h14-15,17,19-21,26H,2-13,16,18,22-23H2,1H3/b15-14+. The number of allylic oxidation sites excluding steroid dienone is 2. The van der Waals surface area contributed by atoms with Gasteiger partial charge in [0.15, 0.2) is 0 Å². The van der Waals surface area contributed by atoms with Crippen molar-refractivity contribution in [2.75, 3.05) is 13.2 Å². The van der Waals surface area contributed by atoms with E-state index in [4.69, 9.17) is 9.47 Å². The predicted octanol–water partition coefficient (Wildman–Crippen LogP) is 7.65. The fourth-order valence-electron chi connectivity index (χ4n) is 3.56. The quantitative estimate of drug-likeness (QED) is 0.147. The van der Waals surface area contributed by atoms with Gasteiger partial charge in [-0.15, -0.1) is 0 Å². The van der Waals surface area contributed by atoms with Gasteiger partial charge in [0.25, 0.3) is 0 Å². The summed E-state index contributed by atoms with van der Waals surface area (Å²) in [7, 11) is 0. The van der Waals surface area contributed by atoms with Crippen LogP contribution < -0.4 is 4.74 Å². The molecule has 2 rings (SSSR count). The number of hydrogen-bond acceptors (Lipinski definition) is 2. The van der Waals surface area contributed by atoms with Crippen LogP contribution in [0.4, 0.5) is 0 Å². The molecule has 1 atom stereocenters. The molecule has 0 N–H and O–H groups in total. The van der Waals surface area contributed by atoms with Crippen molar-refractivity contribution in [3.05, 3.63) is 42.0 Å². The van der Waals surface area contributed by atoms with Crippen molar-refractivity contribution in [3.63, 3.8) is 0 Å². The van der Waals surface area contributed by atoms with E-state index in [9.17, 15) is 0 Å². The Morgan fingerprint density at radius 3 is 2.21 bits per heavy atom. The van der Waals surface area contributed by atoms with Crippen LogP contribution in [-0.4, -0.2) is 19.3 Å². The van der Waals surface area contributed by atoms with Crippen LogP contribution in [0.2, 0.25) is 0 Å². The number of epoxide rings is 1. The molecule has 1 aliphatic heterocycles. The zero-order valence-electron chi connectivity index (χ0n) is 18.2. The zero-order chi connectivity index (χ0) is 19.7. The molecule has 0 radical (unpaired) electrons. The normalized spacial score (nSPS) is 16.0. The minimum Gasteiger partial charge on any atom is -0.491 e. The van der Waals surface area contributed by atoms with E-state index in [1.807, 2.05) is 6.07 Å². The van der Waals surface area contributed by atoms with Crippen LogP contribution in [0.5, 0.6) is 5.75 Å². The van der Waals surface area contributed by atoms with Crippen LogP contribution in [0.3, 0.4) is 0 Å². The third-order valence-electron chi connectivity index (χ3n) is 5.48. The topological polar surface area (TPSA) is 21.8 Å². The SMILES string of the molecule is CCCCCCCCCCCCC/C=C/CCc1cccc(OCC2CO2)c1. The predicted molar refractivity (Wildman–Crippen MR) is 120 cm³/mol. The number of aryl methyl sites for hydroxylation is 1. The third kappa shape index (κ3) is 12.2. The first-order valence-electron chi connectivity index (χ1n) is 11.9. The summed E-state index contributed by atoms with van der Waals surface area (Å²) >= 11 is 0. The maximum Gasteiger partial charge on any atom is 0.119 e. The first kappa shape index (κ1) is 23.0. The molecule has 0 saturated carbocycles. The highest BCUT2D eigenvalue weighted by Gasteiger charge is 2.22. The van der Waals surface area contributed by atoms with Gasteiger partial charge in [-0.05, 0) is 43.4 Å². The van der Waals surface area contributed by atoms with E-state index in [1.165, 1.54) is 82.6 Å². The Kier molecular flexibility index (Phi) is 12.8. The molecule has 2 nitrogen and oxygen atoms in total. The number of ether oxygens (including phenoxy) is 2. The van der Waals surface area contributed by atoms with Gasteiger partial charge in [-0.2, -0.15) is 0 Å². The maximum atomic E-state index is 5.76. The average molecular weight is 387 g/mol. The lowest BCUT2D eigenvalue weighted by molar-refractivity contribution is 0.263. The highest BCUT2D eigenvalue weighted by Crippen LogP contribution is 2.18. The van der Waals surface area contributed by atoms with Crippen molar-refractivity contribution in [2.45, 2.75) is 103 Å². The van der Waals surface area contributed by atoms with Crippen molar-refractivity contribution in [1.29, 1.82) is 0 Å². The molecule has 1 aromatic rings. The summed E-state index contributed by atoms with van der Waals surface area (Å²) in [6.07, 6.45) is 24.1. The summed E-state index contributed by atoms with van der Waals surface area (Å²) in [6.45, 7) is 3.82. The van der Waals surface area contributed by atoms with Gasteiger partial charge in [-0.25, -0.2) is 0 Å². The summed E-state index contributed by atoms with van der Waals surface area (Å²) in [6, 6.07) is 8.49. The van der Waals surface area contributed by atoms with E-state index < -0.39 is 0 Å². The monoisotopic (exact) mass is 386 g/mol. The summed E-state index contributed by atoms with van der Waals surface area (Å²) < 4.78 is 10.9. The number of benzene rings is 1. The molecule has 0 spiro atoms. The van der Waals surface area contributed by atoms with Crippen molar-refractivity contribution in [3.8, 4) is 5.75 Å². The summed E-state index contributed by atoms with van der Waals surface area (Å²) in [5, 5.41) is 0. The van der Waals surface area contributed by atoms with Gasteiger partial charge in [-0.1, -0.05) is 95.4 Å². The molecule has 1 aromatic carbocycles. The minimum absolute atomic E-state index is 0.321. The van der Waals surface area contributed by atoms with Crippen molar-refractivity contribution >= 4 is 0 Å². The molecule has 0 bridgehead atoms. The lowest BCUT2D eigenvalue weighted by Gasteiger charge is -2.06. The number of rotatable bonds is 18. The van der Waals surface area contributed by atoms with Crippen molar-refractivity contribution in [2.24, 2.45) is 0 Å². The fraction of sp³-hybridized carbons (Fsp3) is 0.692. The fourth-order valence-corrected chi connectivity index (χ4v) is 3.56. The van der Waals surface area contributed by atoms with Crippen molar-refractivity contribution < 1.29 is 9.47 Å². The van der Waals surface area contributed by atoms with Crippen LogP contribution in [0, 0.1) is 0 Å². The Balaban J connectivity index is 1.38. The first-order valence-corrected chi connectivity index (χ1v) is 11.9. The number of hydrogen-bond donors (Lipinski definition) is 0. The van der Waals surface area contributed by atoms with Gasteiger partial charge < -0.3 is 9.47 Å². The van der Waals surface area contributed by atoms with E-state index in [1.54, 1.807) is 0 Å². The molecule has 0 amide bonds. The van der Waals surface area contributed by atoms with Gasteiger partial charge in [0, 0.05) is 0 Å². The number of unbranched alkanes of at least 4 members (excludes halogenated alkanes) is 11. The van der Waals surface area contributed by atoms with E-state index in [0.29, 0.717) is 12.7 Å². The summed E-state index contributed by atoms with van der Waals surface area (Å²) in [5.41, 5.74) is 1.36. The Labute approximate surface area is 173 Å². The average Bonchev–Trinajstić information content (AvgIpc) is 3.54. The highest BCUT2D eigenvalue weighted by molar-refractivity contribution is 5.28. The molecule has 1 unspecified atom stereocenters. The van der Waals surface area contributed by atoms with E-state index in [0.717, 1.165) is 25.2 Å². The van der Waals surface area contributed by atoms with Gasteiger partial charge in [-0.3, -0.25) is 0 Å². The van der Waals surface area contributed by atoms with Gasteiger partial charge in [0.1, 0.15) is 18.5 Å². The molecule has 1 heterocycles. The lowest BCUT2D eigenvalue weighted by atomic mass is 10.0. The molecular formula is C26H42O2. The lowest BCUT2D eigenvalue weighted by Crippen LogP contribution is -2.04. The molecule has 1 saturated heterocycles. The van der Waals surface area contributed by atoms with E-state index in [2.05, 4.69) is 37.3 Å². The molecular weight excluding hydrogens is 344 g/mol.